The Hall–Kier alpha value is -0.570. The summed E-state index contributed by atoms with van der Waals surface area (Å²) in [6.45, 7) is 7.06. The molecule has 2 aliphatic rings. The van der Waals surface area contributed by atoms with Gasteiger partial charge in [0.25, 0.3) is 0 Å². The fourth-order valence-electron chi connectivity index (χ4n) is 2.74. The van der Waals surface area contributed by atoms with E-state index in [1.807, 2.05) is 0 Å². The van der Waals surface area contributed by atoms with Crippen LogP contribution in [0.4, 0.5) is 0 Å². The third-order valence-electron chi connectivity index (χ3n) is 4.17. The van der Waals surface area contributed by atoms with E-state index in [1.54, 1.807) is 0 Å². The summed E-state index contributed by atoms with van der Waals surface area (Å²) in [5, 5.41) is 3.14. The van der Waals surface area contributed by atoms with Gasteiger partial charge >= 0.3 is 0 Å². The molecule has 0 aliphatic heterocycles. The Kier molecular flexibility index (Phi) is 2.34. The van der Waals surface area contributed by atoms with E-state index >= 15 is 0 Å². The maximum Gasteiger partial charge on any atom is 0.227 e. The van der Waals surface area contributed by atoms with Crippen molar-refractivity contribution < 1.29 is 4.79 Å². The molecular weight excluding hydrogens is 188 g/mol. The Labute approximate surface area is 91.8 Å². The zero-order valence-corrected chi connectivity index (χ0v) is 9.97. The van der Waals surface area contributed by atoms with Crippen LogP contribution in [0.5, 0.6) is 0 Å². The first-order chi connectivity index (χ1) is 6.89. The number of rotatable bonds is 3. The fraction of sp³-hybridized carbons (Fsp3) is 0.917. The van der Waals surface area contributed by atoms with Gasteiger partial charge in [-0.15, -0.1) is 0 Å². The first-order valence-corrected chi connectivity index (χ1v) is 5.91. The topological polar surface area (TPSA) is 55.1 Å². The molecule has 0 saturated heterocycles. The van der Waals surface area contributed by atoms with Crippen molar-refractivity contribution in [3.8, 4) is 0 Å². The molecule has 0 bridgehead atoms. The van der Waals surface area contributed by atoms with Crippen molar-refractivity contribution in [3.63, 3.8) is 0 Å². The fourth-order valence-corrected chi connectivity index (χ4v) is 2.74. The van der Waals surface area contributed by atoms with Crippen LogP contribution in [0, 0.1) is 16.7 Å². The highest BCUT2D eigenvalue weighted by atomic mass is 16.2. The first kappa shape index (κ1) is 10.9. The van der Waals surface area contributed by atoms with Gasteiger partial charge in [0.1, 0.15) is 0 Å². The van der Waals surface area contributed by atoms with Gasteiger partial charge in [0.05, 0.1) is 5.41 Å². The van der Waals surface area contributed by atoms with Crippen LogP contribution in [-0.2, 0) is 4.79 Å². The molecule has 2 rings (SSSR count). The number of amides is 1. The standard InChI is InChI=1S/C12H22N2O/c1-8-4-12(5-8,7-13)10(15)14-9-6-11(9,2)3/h8-9H,4-7,13H2,1-3H3,(H,14,15). The van der Waals surface area contributed by atoms with Gasteiger partial charge in [0, 0.05) is 12.6 Å². The minimum absolute atomic E-state index is 0.193. The maximum absolute atomic E-state index is 12.1. The van der Waals surface area contributed by atoms with Crippen LogP contribution in [0.15, 0.2) is 0 Å². The van der Waals surface area contributed by atoms with Crippen molar-refractivity contribution in [2.24, 2.45) is 22.5 Å². The summed E-state index contributed by atoms with van der Waals surface area (Å²) < 4.78 is 0. The molecule has 1 atom stereocenters. The van der Waals surface area contributed by atoms with Crippen LogP contribution in [0.3, 0.4) is 0 Å². The number of carbonyl (C=O) groups excluding carboxylic acids is 1. The Morgan fingerprint density at radius 3 is 2.27 bits per heavy atom. The SMILES string of the molecule is CC1CC(CN)(C(=O)NC2CC2(C)C)C1. The van der Waals surface area contributed by atoms with Crippen molar-refractivity contribution >= 4 is 5.91 Å². The average Bonchev–Trinajstić information content (AvgIpc) is 2.67. The van der Waals surface area contributed by atoms with Crippen LogP contribution >= 0.6 is 0 Å². The third-order valence-corrected chi connectivity index (χ3v) is 4.17. The van der Waals surface area contributed by atoms with Gasteiger partial charge in [-0.25, -0.2) is 0 Å². The van der Waals surface area contributed by atoms with E-state index < -0.39 is 0 Å². The summed E-state index contributed by atoms with van der Waals surface area (Å²) in [5.41, 5.74) is 5.80. The number of carbonyl (C=O) groups is 1. The quantitative estimate of drug-likeness (QED) is 0.737. The molecule has 0 radical (unpaired) electrons. The molecule has 86 valence electrons. The second-order valence-corrected chi connectivity index (χ2v) is 6.22. The highest BCUT2D eigenvalue weighted by Gasteiger charge is 2.52. The zero-order valence-electron chi connectivity index (χ0n) is 9.97. The summed E-state index contributed by atoms with van der Waals surface area (Å²) in [6, 6.07) is 0.379. The van der Waals surface area contributed by atoms with Gasteiger partial charge in [0.15, 0.2) is 0 Å². The van der Waals surface area contributed by atoms with Gasteiger partial charge in [-0.3, -0.25) is 4.79 Å². The Morgan fingerprint density at radius 2 is 1.93 bits per heavy atom. The molecule has 0 aromatic rings. The lowest BCUT2D eigenvalue weighted by Gasteiger charge is -2.44. The normalized spacial score (nSPS) is 41.9. The van der Waals surface area contributed by atoms with Gasteiger partial charge in [-0.2, -0.15) is 0 Å². The highest BCUT2D eigenvalue weighted by molar-refractivity contribution is 5.84. The van der Waals surface area contributed by atoms with E-state index in [0.29, 0.717) is 23.9 Å². The van der Waals surface area contributed by atoms with Gasteiger partial charge in [0.2, 0.25) is 5.91 Å². The van der Waals surface area contributed by atoms with E-state index in [0.717, 1.165) is 19.3 Å². The second kappa shape index (κ2) is 3.21. The zero-order chi connectivity index (χ0) is 11.3. The molecule has 0 heterocycles. The van der Waals surface area contributed by atoms with Crippen molar-refractivity contribution in [2.45, 2.75) is 46.1 Å². The summed E-state index contributed by atoms with van der Waals surface area (Å²) in [5.74, 6) is 0.852. The Balaban J connectivity index is 1.91. The van der Waals surface area contributed by atoms with Crippen molar-refractivity contribution in [1.29, 1.82) is 0 Å². The summed E-state index contributed by atoms with van der Waals surface area (Å²) in [4.78, 5) is 12.1. The molecule has 2 fully saturated rings. The van der Waals surface area contributed by atoms with Gasteiger partial charge in [-0.05, 0) is 30.6 Å². The largest absolute Gasteiger partial charge is 0.352 e. The second-order valence-electron chi connectivity index (χ2n) is 6.22. The third kappa shape index (κ3) is 1.78. The molecule has 2 saturated carbocycles. The van der Waals surface area contributed by atoms with Gasteiger partial charge < -0.3 is 11.1 Å². The maximum atomic E-state index is 12.1. The van der Waals surface area contributed by atoms with Crippen molar-refractivity contribution in [1.82, 2.24) is 5.32 Å². The van der Waals surface area contributed by atoms with Gasteiger partial charge in [-0.1, -0.05) is 20.8 Å². The predicted molar refractivity (Wildman–Crippen MR) is 60.2 cm³/mol. The monoisotopic (exact) mass is 210 g/mol. The van der Waals surface area contributed by atoms with Crippen LogP contribution in [0.1, 0.15) is 40.0 Å². The molecule has 0 aromatic heterocycles. The van der Waals surface area contributed by atoms with Crippen LogP contribution in [0.2, 0.25) is 0 Å². The predicted octanol–water partition coefficient (Wildman–Crippen LogP) is 1.28. The Morgan fingerprint density at radius 1 is 1.40 bits per heavy atom. The lowest BCUT2D eigenvalue weighted by atomic mass is 9.62. The first-order valence-electron chi connectivity index (χ1n) is 5.91. The van der Waals surface area contributed by atoms with E-state index in [2.05, 4.69) is 26.1 Å². The highest BCUT2D eigenvalue weighted by Crippen LogP contribution is 2.48. The van der Waals surface area contributed by atoms with Crippen LogP contribution < -0.4 is 11.1 Å². The lowest BCUT2D eigenvalue weighted by molar-refractivity contribution is -0.138. The Bertz CT molecular complexity index is 279. The van der Waals surface area contributed by atoms with Crippen molar-refractivity contribution in [2.75, 3.05) is 6.54 Å². The molecule has 1 amide bonds. The summed E-state index contributed by atoms with van der Waals surface area (Å²) in [6.07, 6.45) is 3.03. The molecule has 0 spiro atoms. The smallest absolute Gasteiger partial charge is 0.227 e. The van der Waals surface area contributed by atoms with E-state index in [9.17, 15) is 4.79 Å². The number of nitrogens with two attached hydrogens (primary N) is 1. The number of hydrogen-bond acceptors (Lipinski definition) is 2. The lowest BCUT2D eigenvalue weighted by Crippen LogP contribution is -2.54. The van der Waals surface area contributed by atoms with E-state index in [-0.39, 0.29) is 11.3 Å². The summed E-state index contributed by atoms with van der Waals surface area (Å²) >= 11 is 0. The molecule has 3 heteroatoms. The molecule has 0 aromatic carbocycles. The number of nitrogens with one attached hydrogen (secondary N) is 1. The molecule has 15 heavy (non-hydrogen) atoms. The molecule has 1 unspecified atom stereocenters. The van der Waals surface area contributed by atoms with Crippen LogP contribution in [-0.4, -0.2) is 18.5 Å². The van der Waals surface area contributed by atoms with Crippen molar-refractivity contribution in [3.05, 3.63) is 0 Å². The number of hydrogen-bond donors (Lipinski definition) is 2. The molecule has 3 nitrogen and oxygen atoms in total. The minimum Gasteiger partial charge on any atom is -0.352 e. The molecule has 3 N–H and O–H groups in total. The molecule has 2 aliphatic carbocycles. The van der Waals surface area contributed by atoms with Crippen LogP contribution in [0.25, 0.3) is 0 Å². The van der Waals surface area contributed by atoms with E-state index in [1.165, 1.54) is 0 Å². The average molecular weight is 210 g/mol. The summed E-state index contributed by atoms with van der Waals surface area (Å²) in [7, 11) is 0. The minimum atomic E-state index is -0.238. The van der Waals surface area contributed by atoms with E-state index in [4.69, 9.17) is 5.73 Å². The molecular formula is C12H22N2O.